The summed E-state index contributed by atoms with van der Waals surface area (Å²) in [5.74, 6) is -5.78. The number of nitrogens with zero attached hydrogens (tertiary/aromatic N) is 5. The summed E-state index contributed by atoms with van der Waals surface area (Å²) in [5, 5.41) is 11.3. The Hall–Kier alpha value is -5.84. The fourth-order valence-corrected chi connectivity index (χ4v) is 5.60. The van der Waals surface area contributed by atoms with Gasteiger partial charge >= 0.3 is 12.0 Å². The molecule has 0 saturated carbocycles. The molecule has 0 unspecified atom stereocenters. The molecular weight excluding hydrogens is 640 g/mol. The minimum Gasteiger partial charge on any atom is -0.480 e. The second-order valence-corrected chi connectivity index (χ2v) is 12.0. The predicted octanol–water partition coefficient (Wildman–Crippen LogP) is 2.83. The number of imide groups is 1. The van der Waals surface area contributed by atoms with Crippen molar-refractivity contribution in [3.63, 3.8) is 0 Å². The number of amides is 4. The topological polar surface area (TPSA) is 192 Å². The molecule has 3 N–H and O–H groups in total. The van der Waals surface area contributed by atoms with Crippen LogP contribution in [-0.4, -0.2) is 76.8 Å². The van der Waals surface area contributed by atoms with E-state index in [9.17, 15) is 41.5 Å². The average Bonchev–Trinajstić information content (AvgIpc) is 3.05. The number of rotatable bonds is 10. The van der Waals surface area contributed by atoms with Crippen LogP contribution in [0.3, 0.4) is 0 Å². The van der Waals surface area contributed by atoms with Crippen LogP contribution in [-0.2, 0) is 26.0 Å². The van der Waals surface area contributed by atoms with Gasteiger partial charge in [-0.1, -0.05) is 12.1 Å². The van der Waals surface area contributed by atoms with Gasteiger partial charge in [0.2, 0.25) is 5.91 Å². The summed E-state index contributed by atoms with van der Waals surface area (Å²) in [6.07, 6.45) is 5.39. The Kier molecular flexibility index (Phi) is 9.18. The van der Waals surface area contributed by atoms with Crippen molar-refractivity contribution in [2.24, 2.45) is 0 Å². The van der Waals surface area contributed by atoms with E-state index < -0.39 is 67.8 Å². The highest BCUT2D eigenvalue weighted by Crippen LogP contribution is 2.25. The number of sulfonamides is 1. The SMILES string of the molecule is CN1CCC(=O)N(c2ccc(C[C@H](NC(=O)c3cc(F)c(NS(=O)(=O)c4ccc(-c5cncnc5)cn4)cc3F)C(=O)O)cc2)C1=O. The molecule has 1 atom stereocenters. The van der Waals surface area contributed by atoms with E-state index >= 15 is 0 Å². The highest BCUT2D eigenvalue weighted by molar-refractivity contribution is 7.92. The third-order valence-corrected chi connectivity index (χ3v) is 8.40. The molecule has 1 aliphatic rings. The summed E-state index contributed by atoms with van der Waals surface area (Å²) in [6, 6.07) is 7.18. The first-order valence-electron chi connectivity index (χ1n) is 13.8. The van der Waals surface area contributed by atoms with Crippen LogP contribution in [0, 0.1) is 11.6 Å². The van der Waals surface area contributed by atoms with Crippen molar-refractivity contribution in [3.8, 4) is 11.1 Å². The van der Waals surface area contributed by atoms with Gasteiger partial charge in [0.15, 0.2) is 5.03 Å². The fraction of sp³-hybridized carbons (Fsp3) is 0.167. The maximum atomic E-state index is 15.0. The Bertz CT molecular complexity index is 1960. The zero-order valence-corrected chi connectivity index (χ0v) is 25.2. The summed E-state index contributed by atoms with van der Waals surface area (Å²) in [6.45, 7) is 0.285. The van der Waals surface area contributed by atoms with Gasteiger partial charge in [0.1, 0.15) is 24.0 Å². The van der Waals surface area contributed by atoms with Gasteiger partial charge in [0.05, 0.1) is 16.9 Å². The molecule has 0 spiro atoms. The Labute approximate surface area is 266 Å². The van der Waals surface area contributed by atoms with Crippen LogP contribution in [0.1, 0.15) is 22.3 Å². The van der Waals surface area contributed by atoms with E-state index in [1.54, 1.807) is 7.05 Å². The van der Waals surface area contributed by atoms with Crippen LogP contribution in [0.4, 0.5) is 25.0 Å². The second kappa shape index (κ2) is 13.3. The van der Waals surface area contributed by atoms with Crippen molar-refractivity contribution in [3.05, 3.63) is 96.2 Å². The number of carbonyl (C=O) groups is 4. The third-order valence-electron chi connectivity index (χ3n) is 7.12. The van der Waals surface area contributed by atoms with Crippen LogP contribution < -0.4 is 14.9 Å². The molecule has 2 aromatic carbocycles. The number of carboxylic acid groups (broad SMARTS) is 1. The lowest BCUT2D eigenvalue weighted by Crippen LogP contribution is -2.50. The zero-order valence-electron chi connectivity index (χ0n) is 24.4. The van der Waals surface area contributed by atoms with Gasteiger partial charge < -0.3 is 15.3 Å². The number of aliphatic carboxylic acids is 1. The van der Waals surface area contributed by atoms with Gasteiger partial charge in [-0.25, -0.2) is 38.2 Å². The molecule has 2 aromatic heterocycles. The highest BCUT2D eigenvalue weighted by atomic mass is 32.2. The number of pyridine rings is 1. The molecule has 14 nitrogen and oxygen atoms in total. The molecule has 5 rings (SSSR count). The normalized spacial score (nSPS) is 14.1. The summed E-state index contributed by atoms with van der Waals surface area (Å²) >= 11 is 0. The number of aromatic nitrogens is 3. The van der Waals surface area contributed by atoms with Crippen LogP contribution >= 0.6 is 0 Å². The minimum atomic E-state index is -4.49. The Morgan fingerprint density at radius 2 is 1.68 bits per heavy atom. The van der Waals surface area contributed by atoms with Gasteiger partial charge in [-0.2, -0.15) is 8.42 Å². The van der Waals surface area contributed by atoms with Gasteiger partial charge in [0.25, 0.3) is 15.9 Å². The number of hydrogen-bond donors (Lipinski definition) is 3. The maximum absolute atomic E-state index is 15.0. The molecule has 1 aliphatic heterocycles. The van der Waals surface area contributed by atoms with E-state index in [-0.39, 0.29) is 25.1 Å². The van der Waals surface area contributed by atoms with Crippen LogP contribution in [0.25, 0.3) is 11.1 Å². The molecule has 1 saturated heterocycles. The number of nitrogens with one attached hydrogen (secondary N) is 2. The predicted molar refractivity (Wildman–Crippen MR) is 162 cm³/mol. The van der Waals surface area contributed by atoms with Crippen LogP contribution in [0.15, 0.2) is 78.5 Å². The van der Waals surface area contributed by atoms with Crippen LogP contribution in [0.2, 0.25) is 0 Å². The first-order chi connectivity index (χ1) is 22.3. The summed E-state index contributed by atoms with van der Waals surface area (Å²) < 4.78 is 57.5. The smallest absolute Gasteiger partial charge is 0.331 e. The van der Waals surface area contributed by atoms with Gasteiger partial charge in [-0.3, -0.25) is 14.3 Å². The summed E-state index contributed by atoms with van der Waals surface area (Å²) in [4.78, 5) is 63.4. The van der Waals surface area contributed by atoms with E-state index in [2.05, 4.69) is 20.3 Å². The van der Waals surface area contributed by atoms with Gasteiger partial charge in [-0.05, 0) is 35.9 Å². The number of hydrogen-bond acceptors (Lipinski definition) is 9. The van der Waals surface area contributed by atoms with E-state index in [0.29, 0.717) is 28.8 Å². The van der Waals surface area contributed by atoms with Gasteiger partial charge in [0, 0.05) is 62.2 Å². The molecule has 1 fully saturated rings. The van der Waals surface area contributed by atoms with E-state index in [0.717, 1.165) is 11.0 Å². The minimum absolute atomic E-state index is 0.137. The molecule has 4 aromatic rings. The molecule has 17 heteroatoms. The number of halogens is 2. The van der Waals surface area contributed by atoms with Gasteiger partial charge in [-0.15, -0.1) is 0 Å². The Morgan fingerprint density at radius 3 is 2.32 bits per heavy atom. The Morgan fingerprint density at radius 1 is 0.979 bits per heavy atom. The lowest BCUT2D eigenvalue weighted by Gasteiger charge is -2.31. The van der Waals surface area contributed by atoms with E-state index in [4.69, 9.17) is 0 Å². The highest BCUT2D eigenvalue weighted by Gasteiger charge is 2.31. The third kappa shape index (κ3) is 7.19. The number of urea groups is 1. The molecule has 0 radical (unpaired) electrons. The first-order valence-corrected chi connectivity index (χ1v) is 15.3. The van der Waals surface area contributed by atoms with E-state index in [1.165, 1.54) is 60.1 Å². The van der Waals surface area contributed by atoms with Crippen LogP contribution in [0.5, 0.6) is 0 Å². The number of anilines is 2. The number of carboxylic acids is 1. The first kappa shape index (κ1) is 32.6. The number of benzene rings is 2. The largest absolute Gasteiger partial charge is 0.480 e. The summed E-state index contributed by atoms with van der Waals surface area (Å²) in [7, 11) is -2.94. The molecular formula is C30H25F2N7O7S. The molecule has 0 aliphatic carbocycles. The monoisotopic (exact) mass is 665 g/mol. The van der Waals surface area contributed by atoms with Crippen molar-refractivity contribution < 1.29 is 41.5 Å². The fourth-order valence-electron chi connectivity index (χ4n) is 4.61. The standard InChI is InChI=1S/C30H25F2N7O7S/c1-38-9-8-27(40)39(30(38)44)20-5-2-17(3-6-20)10-25(29(42)43)36-28(41)21-11-23(32)24(12-22(21)31)37-47(45,46)26-7-4-18(15-35-26)19-13-33-16-34-14-19/h2-7,11-16,25,37H,8-10H2,1H3,(H,36,41)(H,42,43)/t25-/m0/s1. The lowest BCUT2D eigenvalue weighted by atomic mass is 10.0. The maximum Gasteiger partial charge on any atom is 0.331 e. The van der Waals surface area contributed by atoms with Crippen molar-refractivity contribution in [2.45, 2.75) is 23.9 Å². The average molecular weight is 666 g/mol. The quantitative estimate of drug-likeness (QED) is 0.227. The number of carbonyl (C=O) groups excluding carboxylic acids is 3. The molecule has 0 bridgehead atoms. The van der Waals surface area contributed by atoms with Crippen molar-refractivity contribution >= 4 is 45.2 Å². The molecule has 4 amide bonds. The summed E-state index contributed by atoms with van der Waals surface area (Å²) in [5.41, 5.74) is 0.0565. The molecule has 3 heterocycles. The molecule has 47 heavy (non-hydrogen) atoms. The second-order valence-electron chi connectivity index (χ2n) is 10.3. The van der Waals surface area contributed by atoms with E-state index in [1.807, 2.05) is 4.72 Å². The molecule has 242 valence electrons. The van der Waals surface area contributed by atoms with Crippen molar-refractivity contribution in [1.82, 2.24) is 25.2 Å². The zero-order chi connectivity index (χ0) is 33.9. The van der Waals surface area contributed by atoms with Crippen molar-refractivity contribution in [2.75, 3.05) is 23.2 Å². The Balaban J connectivity index is 1.27. The lowest BCUT2D eigenvalue weighted by molar-refractivity contribution is -0.139. The van der Waals surface area contributed by atoms with Crippen molar-refractivity contribution in [1.29, 1.82) is 0 Å².